The summed E-state index contributed by atoms with van der Waals surface area (Å²) < 4.78 is 49.4. The number of carbonyl (C=O) groups excluding carboxylic acids is 2. The minimum Gasteiger partial charge on any atom is -0.409 e. The molecule has 2 amide bonds. The van der Waals surface area contributed by atoms with Crippen LogP contribution in [0.3, 0.4) is 0 Å². The average Bonchev–Trinajstić information content (AvgIpc) is 2.70. The summed E-state index contributed by atoms with van der Waals surface area (Å²) in [6.07, 6.45) is -5.20. The molecule has 160 valence electrons. The summed E-state index contributed by atoms with van der Waals surface area (Å²) in [5, 5.41) is 2.16. The number of morpholine rings is 1. The molecule has 1 heterocycles. The molecule has 2 aromatic rings. The molecule has 1 N–H and O–H groups in total. The Bertz CT molecular complexity index is 965. The van der Waals surface area contributed by atoms with Crippen LogP contribution < -0.4 is 10.1 Å². The number of carbonyl (C=O) groups is 2. The first-order chi connectivity index (χ1) is 14.1. The molecule has 3 rings (SSSR count). The molecule has 0 aromatic heterocycles. The molecule has 0 aliphatic carbocycles. The van der Waals surface area contributed by atoms with Gasteiger partial charge in [0, 0.05) is 17.6 Å². The van der Waals surface area contributed by atoms with Crippen molar-refractivity contribution in [3.05, 3.63) is 57.0 Å². The molecule has 0 saturated carbocycles. The number of rotatable bonds is 3. The van der Waals surface area contributed by atoms with Crippen LogP contribution in [0.5, 0.6) is 5.75 Å². The van der Waals surface area contributed by atoms with E-state index in [2.05, 4.69) is 21.2 Å². The van der Waals surface area contributed by atoms with Crippen LogP contribution in [0.25, 0.3) is 0 Å². The summed E-state index contributed by atoms with van der Waals surface area (Å²) in [4.78, 5) is 26.5. The molecule has 0 radical (unpaired) electrons. The molecule has 0 spiro atoms. The van der Waals surface area contributed by atoms with Gasteiger partial charge >= 0.3 is 12.3 Å². The monoisotopic (exact) mass is 506 g/mol. The van der Waals surface area contributed by atoms with Crippen LogP contribution >= 0.6 is 27.5 Å². The molecule has 0 atom stereocenters. The van der Waals surface area contributed by atoms with Crippen molar-refractivity contribution in [3.63, 3.8) is 0 Å². The lowest BCUT2D eigenvalue weighted by Crippen LogP contribution is -2.42. The van der Waals surface area contributed by atoms with Crippen LogP contribution in [0.2, 0.25) is 5.02 Å². The summed E-state index contributed by atoms with van der Waals surface area (Å²) >= 11 is 9.14. The average molecular weight is 508 g/mol. The topological polar surface area (TPSA) is 67.9 Å². The van der Waals surface area contributed by atoms with Crippen LogP contribution in [0.15, 0.2) is 40.9 Å². The van der Waals surface area contributed by atoms with E-state index in [0.29, 0.717) is 30.8 Å². The summed E-state index contributed by atoms with van der Waals surface area (Å²) in [6.45, 7) is 1.49. The number of halogens is 5. The van der Waals surface area contributed by atoms with Crippen molar-refractivity contribution in [2.75, 3.05) is 31.6 Å². The van der Waals surface area contributed by atoms with Crippen molar-refractivity contribution < 1.29 is 32.2 Å². The molecular weight excluding hydrogens is 493 g/mol. The minimum atomic E-state index is -4.56. The number of benzene rings is 2. The van der Waals surface area contributed by atoms with E-state index in [1.54, 1.807) is 6.07 Å². The minimum absolute atomic E-state index is 0.00180. The van der Waals surface area contributed by atoms with Gasteiger partial charge in [-0.25, -0.2) is 4.79 Å². The molecular formula is C19H15BrClF3N2O4. The Balaban J connectivity index is 1.80. The fraction of sp³-hybridized carbons (Fsp3) is 0.263. The first-order valence-electron chi connectivity index (χ1n) is 8.67. The molecule has 1 aliphatic heterocycles. The highest BCUT2D eigenvalue weighted by Gasteiger charge is 2.31. The van der Waals surface area contributed by atoms with Gasteiger partial charge in [-0.1, -0.05) is 27.5 Å². The summed E-state index contributed by atoms with van der Waals surface area (Å²) in [6, 6.07) is 7.03. The fourth-order valence-electron chi connectivity index (χ4n) is 2.66. The summed E-state index contributed by atoms with van der Waals surface area (Å²) in [5.74, 6) is -0.710. The number of amides is 2. The highest BCUT2D eigenvalue weighted by molar-refractivity contribution is 9.10. The first kappa shape index (κ1) is 22.4. The van der Waals surface area contributed by atoms with Crippen molar-refractivity contribution in [2.24, 2.45) is 0 Å². The Labute approximate surface area is 183 Å². The first-order valence-corrected chi connectivity index (χ1v) is 9.84. The summed E-state index contributed by atoms with van der Waals surface area (Å²) in [5.41, 5.74) is -0.949. The fourth-order valence-corrected chi connectivity index (χ4v) is 3.24. The lowest BCUT2D eigenvalue weighted by molar-refractivity contribution is -0.137. The van der Waals surface area contributed by atoms with E-state index >= 15 is 0 Å². The number of alkyl halides is 3. The zero-order chi connectivity index (χ0) is 21.9. The number of nitrogens with one attached hydrogen (secondary N) is 1. The Hall–Kier alpha value is -2.30. The van der Waals surface area contributed by atoms with E-state index in [1.807, 2.05) is 0 Å². The number of ether oxygens (including phenoxy) is 2. The normalized spacial score (nSPS) is 14.4. The predicted molar refractivity (Wildman–Crippen MR) is 107 cm³/mol. The molecule has 1 aliphatic rings. The largest absolute Gasteiger partial charge is 0.416 e. The van der Waals surface area contributed by atoms with Crippen molar-refractivity contribution in [1.29, 1.82) is 0 Å². The Morgan fingerprint density at radius 3 is 2.47 bits per heavy atom. The van der Waals surface area contributed by atoms with Gasteiger partial charge in [0.25, 0.3) is 5.91 Å². The van der Waals surface area contributed by atoms with E-state index in [4.69, 9.17) is 21.1 Å². The second kappa shape index (κ2) is 9.23. The molecule has 0 unspecified atom stereocenters. The van der Waals surface area contributed by atoms with Gasteiger partial charge in [-0.2, -0.15) is 13.2 Å². The third-order valence-electron chi connectivity index (χ3n) is 4.20. The number of hydrogen-bond acceptors (Lipinski definition) is 4. The zero-order valence-corrected chi connectivity index (χ0v) is 17.6. The van der Waals surface area contributed by atoms with Crippen LogP contribution in [-0.2, 0) is 10.9 Å². The Morgan fingerprint density at radius 1 is 1.13 bits per heavy atom. The van der Waals surface area contributed by atoms with Crippen LogP contribution in [0.1, 0.15) is 15.9 Å². The number of anilines is 1. The molecule has 6 nitrogen and oxygen atoms in total. The van der Waals surface area contributed by atoms with Crippen LogP contribution in [0.4, 0.5) is 23.7 Å². The molecule has 2 aromatic carbocycles. The second-order valence-corrected chi connectivity index (χ2v) is 7.58. The van der Waals surface area contributed by atoms with Crippen LogP contribution in [-0.4, -0.2) is 43.2 Å². The lowest BCUT2D eigenvalue weighted by atomic mass is 10.1. The van der Waals surface area contributed by atoms with Crippen LogP contribution in [0, 0.1) is 0 Å². The Kier molecular flexibility index (Phi) is 6.89. The third kappa shape index (κ3) is 5.44. The molecule has 0 bridgehead atoms. The van der Waals surface area contributed by atoms with Crippen molar-refractivity contribution in [3.8, 4) is 5.75 Å². The van der Waals surface area contributed by atoms with E-state index in [1.165, 1.54) is 17.0 Å². The summed E-state index contributed by atoms with van der Waals surface area (Å²) in [7, 11) is 0. The highest BCUT2D eigenvalue weighted by atomic mass is 79.9. The molecule has 11 heteroatoms. The van der Waals surface area contributed by atoms with Gasteiger partial charge < -0.3 is 19.7 Å². The van der Waals surface area contributed by atoms with E-state index in [9.17, 15) is 22.8 Å². The van der Waals surface area contributed by atoms with Gasteiger partial charge in [0.2, 0.25) is 0 Å². The zero-order valence-electron chi connectivity index (χ0n) is 15.3. The van der Waals surface area contributed by atoms with Gasteiger partial charge in [0.15, 0.2) is 0 Å². The maximum Gasteiger partial charge on any atom is 0.416 e. The van der Waals surface area contributed by atoms with Gasteiger partial charge in [-0.3, -0.25) is 4.79 Å². The van der Waals surface area contributed by atoms with E-state index in [0.717, 1.165) is 18.2 Å². The second-order valence-electron chi connectivity index (χ2n) is 6.25. The number of nitrogens with zero attached hydrogens (tertiary/aromatic N) is 1. The molecule has 30 heavy (non-hydrogen) atoms. The maximum absolute atomic E-state index is 12.8. The van der Waals surface area contributed by atoms with Gasteiger partial charge in [-0.05, 0) is 36.4 Å². The maximum atomic E-state index is 12.8. The van der Waals surface area contributed by atoms with Gasteiger partial charge in [-0.15, -0.1) is 0 Å². The van der Waals surface area contributed by atoms with Crippen molar-refractivity contribution in [1.82, 2.24) is 4.90 Å². The standard InChI is InChI=1S/C19H15BrClF3N2O4/c20-12-2-4-16(30-18(28)26-5-7-29-8-6-26)13(10-12)17(27)25-15-3-1-11(9-14(15)21)19(22,23)24/h1-4,9-10H,5-8H2,(H,25,27). The highest BCUT2D eigenvalue weighted by Crippen LogP contribution is 2.34. The van der Waals surface area contributed by atoms with E-state index < -0.39 is 23.7 Å². The van der Waals surface area contributed by atoms with Gasteiger partial charge in [0.05, 0.1) is 35.1 Å². The molecule has 1 saturated heterocycles. The predicted octanol–water partition coefficient (Wildman–Crippen LogP) is 5.20. The quantitative estimate of drug-likeness (QED) is 0.620. The number of hydrogen-bond donors (Lipinski definition) is 1. The van der Waals surface area contributed by atoms with Crippen molar-refractivity contribution >= 4 is 45.2 Å². The van der Waals surface area contributed by atoms with Crippen molar-refractivity contribution in [2.45, 2.75) is 6.18 Å². The third-order valence-corrected chi connectivity index (χ3v) is 5.00. The van der Waals surface area contributed by atoms with E-state index in [-0.39, 0.29) is 22.0 Å². The smallest absolute Gasteiger partial charge is 0.409 e. The SMILES string of the molecule is O=C(Nc1ccc(C(F)(F)F)cc1Cl)c1cc(Br)ccc1OC(=O)N1CCOCC1. The van der Waals surface area contributed by atoms with Gasteiger partial charge in [0.1, 0.15) is 5.75 Å². The molecule has 1 fully saturated rings. The Morgan fingerprint density at radius 2 is 1.83 bits per heavy atom. The lowest BCUT2D eigenvalue weighted by Gasteiger charge is -2.26.